The first kappa shape index (κ1) is 32.7. The molecule has 0 aliphatic carbocycles. The van der Waals surface area contributed by atoms with Crippen LogP contribution in [0.5, 0.6) is 11.5 Å². The molecule has 240 valence electrons. The Bertz CT molecular complexity index is 1690. The van der Waals surface area contributed by atoms with E-state index in [1.165, 1.54) is 32.4 Å². The number of hydrogen-bond donors (Lipinski definition) is 2. The van der Waals surface area contributed by atoms with E-state index in [1.807, 2.05) is 23.9 Å². The molecule has 12 nitrogen and oxygen atoms in total. The zero-order chi connectivity index (χ0) is 32.7. The van der Waals surface area contributed by atoms with Crippen LogP contribution in [0.25, 0.3) is 0 Å². The molecule has 1 saturated heterocycles. The SMILES string of the molecule is COc1ccc(C(=O)Nc2cc3c(cc2[P@](=O)(Nc2ccc([N+](=O)[O-])cc2Br)N2CCOCC2)C(C)(C)[C@H](C)N3C)cc1OC. The molecule has 0 saturated carbocycles. The number of hydrogen-bond acceptors (Lipinski definition) is 8. The number of nitro benzene ring substituents is 1. The number of carbonyl (C=O) groups is 1. The molecule has 2 aliphatic heterocycles. The second-order valence-corrected chi connectivity index (χ2v) is 14.9. The number of nitrogens with zero attached hydrogens (tertiary/aromatic N) is 3. The second-order valence-electron chi connectivity index (χ2n) is 11.6. The summed E-state index contributed by atoms with van der Waals surface area (Å²) >= 11 is 3.43. The average Bonchev–Trinajstić information content (AvgIpc) is 3.20. The van der Waals surface area contributed by atoms with Gasteiger partial charge in [-0.2, -0.15) is 0 Å². The standard InChI is InChI=1S/C31H37BrN5O7P/c1-19-31(2,3)22-17-29(25(18-26(22)35(19)4)33-30(38)20-7-10-27(42-5)28(15-20)43-6)45(41,36-11-13-44-14-12-36)34-24-9-8-21(37(39)40)16-23(24)32/h7-10,15-19H,11-14H2,1-6H3,(H,33,38)(H,34,41)/t19-,45-/m0/s1. The van der Waals surface area contributed by atoms with Gasteiger partial charge in [-0.1, -0.05) is 13.8 Å². The maximum atomic E-state index is 15.6. The van der Waals surface area contributed by atoms with Gasteiger partial charge in [0.2, 0.25) is 0 Å². The quantitative estimate of drug-likeness (QED) is 0.155. The number of likely N-dealkylation sites (N-methyl/N-ethyl adjacent to an activating group) is 1. The third-order valence-electron chi connectivity index (χ3n) is 8.86. The van der Waals surface area contributed by atoms with E-state index in [0.717, 1.165) is 11.3 Å². The van der Waals surface area contributed by atoms with Crippen molar-refractivity contribution in [2.24, 2.45) is 0 Å². The largest absolute Gasteiger partial charge is 0.493 e. The normalized spacial score (nSPS) is 18.9. The van der Waals surface area contributed by atoms with Crippen LogP contribution < -0.4 is 30.1 Å². The average molecular weight is 703 g/mol. The van der Waals surface area contributed by atoms with E-state index in [0.29, 0.717) is 64.5 Å². The summed E-state index contributed by atoms with van der Waals surface area (Å²) < 4.78 is 34.2. The number of rotatable bonds is 9. The molecule has 2 heterocycles. The van der Waals surface area contributed by atoms with Gasteiger partial charge in [-0.15, -0.1) is 0 Å². The molecular weight excluding hydrogens is 665 g/mol. The van der Waals surface area contributed by atoms with Crippen LogP contribution >= 0.6 is 23.4 Å². The Morgan fingerprint density at radius 2 is 1.76 bits per heavy atom. The van der Waals surface area contributed by atoms with Gasteiger partial charge in [-0.25, -0.2) is 4.67 Å². The lowest BCUT2D eigenvalue weighted by molar-refractivity contribution is -0.384. The minimum atomic E-state index is -3.75. The van der Waals surface area contributed by atoms with Crippen LogP contribution in [0.3, 0.4) is 0 Å². The molecular formula is C31H37BrN5O7P. The Morgan fingerprint density at radius 3 is 2.38 bits per heavy atom. The van der Waals surface area contributed by atoms with Crippen molar-refractivity contribution in [3.63, 3.8) is 0 Å². The topological polar surface area (TPSA) is 136 Å². The Labute approximate surface area is 270 Å². The van der Waals surface area contributed by atoms with Crippen LogP contribution in [0, 0.1) is 10.1 Å². The van der Waals surface area contributed by atoms with Gasteiger partial charge in [0.15, 0.2) is 11.5 Å². The molecule has 0 radical (unpaired) electrons. The number of methoxy groups -OCH3 is 2. The van der Waals surface area contributed by atoms with Crippen molar-refractivity contribution in [1.29, 1.82) is 0 Å². The smallest absolute Gasteiger partial charge is 0.270 e. The van der Waals surface area contributed by atoms with E-state index < -0.39 is 18.3 Å². The highest BCUT2D eigenvalue weighted by Gasteiger charge is 2.44. The van der Waals surface area contributed by atoms with Gasteiger partial charge in [-0.3, -0.25) is 19.5 Å². The third-order valence-corrected chi connectivity index (χ3v) is 12.3. The molecule has 3 aromatic carbocycles. The number of halogens is 1. The third kappa shape index (κ3) is 6.02. The summed E-state index contributed by atoms with van der Waals surface area (Å²) in [5.41, 5.74) is 2.64. The number of carbonyl (C=O) groups excluding carboxylic acids is 1. The number of nitro groups is 1. The van der Waals surface area contributed by atoms with Gasteiger partial charge in [0, 0.05) is 59.5 Å². The lowest BCUT2D eigenvalue weighted by Crippen LogP contribution is -2.40. The van der Waals surface area contributed by atoms with Gasteiger partial charge in [0.05, 0.1) is 49.0 Å². The van der Waals surface area contributed by atoms with Crippen LogP contribution in [-0.2, 0) is 14.7 Å². The predicted octanol–water partition coefficient (Wildman–Crippen LogP) is 6.01. The summed E-state index contributed by atoms with van der Waals surface area (Å²) in [7, 11) is 1.27. The Morgan fingerprint density at radius 1 is 1.07 bits per heavy atom. The number of non-ortho nitro benzene ring substituents is 1. The van der Waals surface area contributed by atoms with Gasteiger partial charge in [-0.05, 0) is 64.8 Å². The summed E-state index contributed by atoms with van der Waals surface area (Å²) in [6.45, 7) is 7.91. The first-order chi connectivity index (χ1) is 21.3. The van der Waals surface area contributed by atoms with Gasteiger partial charge < -0.3 is 29.5 Å². The first-order valence-corrected chi connectivity index (χ1v) is 16.9. The van der Waals surface area contributed by atoms with Crippen LogP contribution in [0.1, 0.15) is 36.7 Å². The van der Waals surface area contributed by atoms with Crippen LogP contribution in [0.2, 0.25) is 0 Å². The molecule has 0 unspecified atom stereocenters. The number of morpholine rings is 1. The Balaban J connectivity index is 1.68. The summed E-state index contributed by atoms with van der Waals surface area (Å²) in [5, 5.41) is 18.1. The van der Waals surface area contributed by atoms with Crippen molar-refractivity contribution in [2.45, 2.75) is 32.2 Å². The minimum absolute atomic E-state index is 0.104. The zero-order valence-corrected chi connectivity index (χ0v) is 28.5. The van der Waals surface area contributed by atoms with E-state index in [4.69, 9.17) is 14.2 Å². The van der Waals surface area contributed by atoms with Crippen molar-refractivity contribution in [3.05, 3.63) is 74.2 Å². The summed E-state index contributed by atoms with van der Waals surface area (Å²) in [6, 6.07) is 13.1. The molecule has 2 N–H and O–H groups in total. The summed E-state index contributed by atoms with van der Waals surface area (Å²) in [4.78, 5) is 26.9. The zero-order valence-electron chi connectivity index (χ0n) is 26.0. The first-order valence-electron chi connectivity index (χ1n) is 14.4. The van der Waals surface area contributed by atoms with Crippen molar-refractivity contribution < 1.29 is 28.5 Å². The van der Waals surface area contributed by atoms with Crippen molar-refractivity contribution >= 4 is 57.3 Å². The monoisotopic (exact) mass is 701 g/mol. The molecule has 2 atom stereocenters. The molecule has 0 bridgehead atoms. The molecule has 2 aliphatic rings. The molecule has 45 heavy (non-hydrogen) atoms. The van der Waals surface area contributed by atoms with E-state index in [2.05, 4.69) is 52.0 Å². The highest BCUT2D eigenvalue weighted by molar-refractivity contribution is 9.10. The highest BCUT2D eigenvalue weighted by Crippen LogP contribution is 2.54. The summed E-state index contributed by atoms with van der Waals surface area (Å²) in [6.07, 6.45) is 0. The van der Waals surface area contributed by atoms with E-state index in [9.17, 15) is 14.9 Å². The lowest BCUT2D eigenvalue weighted by atomic mass is 9.81. The number of ether oxygens (including phenoxy) is 3. The molecule has 1 amide bonds. The fourth-order valence-corrected chi connectivity index (χ4v) is 9.00. The van der Waals surface area contributed by atoms with Crippen molar-refractivity contribution in [3.8, 4) is 11.5 Å². The van der Waals surface area contributed by atoms with Crippen LogP contribution in [-0.4, -0.2) is 69.1 Å². The molecule has 3 aromatic rings. The predicted molar refractivity (Wildman–Crippen MR) is 179 cm³/mol. The van der Waals surface area contributed by atoms with Crippen molar-refractivity contribution in [2.75, 3.05) is 62.9 Å². The van der Waals surface area contributed by atoms with E-state index >= 15 is 4.57 Å². The fourth-order valence-electron chi connectivity index (χ4n) is 5.82. The summed E-state index contributed by atoms with van der Waals surface area (Å²) in [5.74, 6) is 0.466. The maximum Gasteiger partial charge on any atom is 0.270 e. The number of nitrogens with one attached hydrogen (secondary N) is 2. The number of amides is 1. The van der Waals surface area contributed by atoms with Gasteiger partial charge >= 0.3 is 0 Å². The fraction of sp³-hybridized carbons (Fsp3) is 0.387. The van der Waals surface area contributed by atoms with Gasteiger partial charge in [0.25, 0.3) is 19.0 Å². The number of fused-ring (bicyclic) bond motifs is 1. The molecule has 1 fully saturated rings. The maximum absolute atomic E-state index is 15.6. The minimum Gasteiger partial charge on any atom is -0.493 e. The van der Waals surface area contributed by atoms with Crippen molar-refractivity contribution in [1.82, 2.24) is 4.67 Å². The van der Waals surface area contributed by atoms with E-state index in [1.54, 1.807) is 18.2 Å². The van der Waals surface area contributed by atoms with Crippen LogP contribution in [0.4, 0.5) is 22.7 Å². The number of anilines is 3. The highest BCUT2D eigenvalue weighted by atomic mass is 79.9. The second kappa shape index (κ2) is 12.6. The van der Waals surface area contributed by atoms with Gasteiger partial charge in [0.1, 0.15) is 0 Å². The molecule has 5 rings (SSSR count). The lowest BCUT2D eigenvalue weighted by Gasteiger charge is -2.37. The Kier molecular flexibility index (Phi) is 9.19. The number of benzene rings is 3. The Hall–Kier alpha value is -3.64. The molecule has 14 heteroatoms. The van der Waals surface area contributed by atoms with E-state index in [-0.39, 0.29) is 17.1 Å². The molecule has 0 spiro atoms. The van der Waals surface area contributed by atoms with Crippen LogP contribution in [0.15, 0.2) is 53.0 Å². The molecule has 0 aromatic heterocycles.